The molecule has 0 atom stereocenters. The van der Waals surface area contributed by atoms with Crippen molar-refractivity contribution in [1.82, 2.24) is 9.78 Å². The summed E-state index contributed by atoms with van der Waals surface area (Å²) < 4.78 is 26.2. The summed E-state index contributed by atoms with van der Waals surface area (Å²) in [4.78, 5) is 0.249. The van der Waals surface area contributed by atoms with Gasteiger partial charge in [0, 0.05) is 17.2 Å². The van der Waals surface area contributed by atoms with Gasteiger partial charge in [0.1, 0.15) is 0 Å². The molecule has 0 spiro atoms. The van der Waals surface area contributed by atoms with Gasteiger partial charge in [-0.25, -0.2) is 13.1 Å². The van der Waals surface area contributed by atoms with Gasteiger partial charge in [-0.1, -0.05) is 29.8 Å². The van der Waals surface area contributed by atoms with E-state index in [-0.39, 0.29) is 23.7 Å². The fraction of sp³-hybridized carbons (Fsp3) is 0.211. The monoisotopic (exact) mass is 390 g/mol. The number of nitrogens with zero attached hydrogens (tertiary/aromatic N) is 2. The van der Waals surface area contributed by atoms with Crippen LogP contribution >= 0.6 is 11.6 Å². The largest absolute Gasteiger partial charge is 0.396 e. The summed E-state index contributed by atoms with van der Waals surface area (Å²) in [7, 11) is -3.38. The van der Waals surface area contributed by atoms with E-state index in [4.69, 9.17) is 16.7 Å². The van der Waals surface area contributed by atoms with Gasteiger partial charge in [-0.15, -0.1) is 0 Å². The molecule has 0 radical (unpaired) electrons. The Morgan fingerprint density at radius 1 is 1.12 bits per heavy atom. The SMILES string of the molecule is Cc1ccc(-n2nccc2-c2ccc(S(=O)(=O)CCCO)cc2)cc1Cl. The van der Waals surface area contributed by atoms with E-state index < -0.39 is 9.84 Å². The van der Waals surface area contributed by atoms with Crippen molar-refractivity contribution in [3.63, 3.8) is 0 Å². The molecule has 3 aromatic rings. The summed E-state index contributed by atoms with van der Waals surface area (Å²) in [6, 6.07) is 14.3. The Bertz CT molecular complexity index is 1010. The summed E-state index contributed by atoms with van der Waals surface area (Å²) >= 11 is 6.22. The summed E-state index contributed by atoms with van der Waals surface area (Å²) in [5.41, 5.74) is 3.51. The van der Waals surface area contributed by atoms with Crippen LogP contribution in [0.15, 0.2) is 59.6 Å². The molecule has 0 saturated carbocycles. The van der Waals surface area contributed by atoms with Crippen molar-refractivity contribution < 1.29 is 13.5 Å². The molecule has 2 aromatic carbocycles. The molecule has 136 valence electrons. The molecule has 0 amide bonds. The molecule has 1 aromatic heterocycles. The minimum absolute atomic E-state index is 0.0668. The average molecular weight is 391 g/mol. The lowest BCUT2D eigenvalue weighted by molar-refractivity contribution is 0.295. The molecule has 3 rings (SSSR count). The van der Waals surface area contributed by atoms with E-state index >= 15 is 0 Å². The summed E-state index contributed by atoms with van der Waals surface area (Å²) in [5.74, 6) is -0.0668. The average Bonchev–Trinajstić information content (AvgIpc) is 3.12. The third-order valence-corrected chi connectivity index (χ3v) is 6.35. The molecule has 1 heterocycles. The Kier molecular flexibility index (Phi) is 5.46. The van der Waals surface area contributed by atoms with Gasteiger partial charge in [0.2, 0.25) is 0 Å². The highest BCUT2D eigenvalue weighted by Crippen LogP contribution is 2.26. The zero-order chi connectivity index (χ0) is 18.7. The van der Waals surface area contributed by atoms with Gasteiger partial charge in [0.25, 0.3) is 0 Å². The van der Waals surface area contributed by atoms with Crippen LogP contribution in [0.1, 0.15) is 12.0 Å². The van der Waals surface area contributed by atoms with Gasteiger partial charge in [-0.2, -0.15) is 5.10 Å². The molecule has 0 fully saturated rings. The first-order chi connectivity index (χ1) is 12.4. The molecule has 0 saturated heterocycles. The second-order valence-electron chi connectivity index (χ2n) is 5.98. The number of halogens is 1. The topological polar surface area (TPSA) is 72.2 Å². The zero-order valence-corrected chi connectivity index (χ0v) is 15.8. The first-order valence-corrected chi connectivity index (χ1v) is 10.2. The van der Waals surface area contributed by atoms with Crippen LogP contribution in [-0.2, 0) is 9.84 Å². The lowest BCUT2D eigenvalue weighted by atomic mass is 10.1. The highest BCUT2D eigenvalue weighted by Gasteiger charge is 2.15. The molecule has 5 nitrogen and oxygen atoms in total. The zero-order valence-electron chi connectivity index (χ0n) is 14.3. The number of hydrogen-bond donors (Lipinski definition) is 1. The van der Waals surface area contributed by atoms with E-state index in [1.54, 1.807) is 35.1 Å². The third kappa shape index (κ3) is 3.82. The second kappa shape index (κ2) is 7.61. The minimum atomic E-state index is -3.38. The van der Waals surface area contributed by atoms with Gasteiger partial charge in [0.15, 0.2) is 9.84 Å². The van der Waals surface area contributed by atoms with Crippen molar-refractivity contribution in [3.05, 3.63) is 65.3 Å². The van der Waals surface area contributed by atoms with Gasteiger partial charge in [0.05, 0.1) is 28.2 Å². The predicted molar refractivity (Wildman–Crippen MR) is 103 cm³/mol. The first-order valence-electron chi connectivity index (χ1n) is 8.17. The number of aliphatic hydroxyl groups excluding tert-OH is 1. The van der Waals surface area contributed by atoms with E-state index in [0.717, 1.165) is 22.5 Å². The number of sulfone groups is 1. The maximum atomic E-state index is 12.2. The van der Waals surface area contributed by atoms with E-state index in [1.807, 2.05) is 31.2 Å². The quantitative estimate of drug-likeness (QED) is 0.697. The Morgan fingerprint density at radius 3 is 2.50 bits per heavy atom. The molecule has 26 heavy (non-hydrogen) atoms. The van der Waals surface area contributed by atoms with Crippen LogP contribution in [0.25, 0.3) is 16.9 Å². The Morgan fingerprint density at radius 2 is 1.85 bits per heavy atom. The number of benzene rings is 2. The van der Waals surface area contributed by atoms with Crippen LogP contribution in [0.2, 0.25) is 5.02 Å². The van der Waals surface area contributed by atoms with E-state index in [1.165, 1.54) is 0 Å². The smallest absolute Gasteiger partial charge is 0.178 e. The lowest BCUT2D eigenvalue weighted by Gasteiger charge is -2.10. The fourth-order valence-electron chi connectivity index (χ4n) is 2.65. The number of aryl methyl sites for hydroxylation is 1. The maximum Gasteiger partial charge on any atom is 0.178 e. The molecule has 0 aliphatic rings. The van der Waals surface area contributed by atoms with Crippen LogP contribution in [0, 0.1) is 6.92 Å². The summed E-state index contributed by atoms with van der Waals surface area (Å²) in [5, 5.41) is 13.9. The standard InChI is InChI=1S/C19H19ClN2O3S/c1-14-3-6-16(13-18(14)20)22-19(9-10-21-22)15-4-7-17(8-5-15)26(24,25)12-2-11-23/h3-10,13,23H,2,11-12H2,1H3. The fourth-order valence-corrected chi connectivity index (χ4v) is 4.12. The van der Waals surface area contributed by atoms with E-state index in [9.17, 15) is 8.42 Å². The van der Waals surface area contributed by atoms with Crippen LogP contribution in [0.5, 0.6) is 0 Å². The minimum Gasteiger partial charge on any atom is -0.396 e. The number of rotatable bonds is 6. The van der Waals surface area contributed by atoms with Crippen molar-refractivity contribution in [3.8, 4) is 16.9 Å². The van der Waals surface area contributed by atoms with Crippen LogP contribution in [-0.4, -0.2) is 35.7 Å². The molecular formula is C19H19ClN2O3S. The lowest BCUT2D eigenvalue weighted by Crippen LogP contribution is -2.08. The van der Waals surface area contributed by atoms with Crippen LogP contribution in [0.4, 0.5) is 0 Å². The molecule has 0 unspecified atom stereocenters. The number of aliphatic hydroxyl groups is 1. The Labute approximate surface area is 157 Å². The predicted octanol–water partition coefficient (Wildman–Crippen LogP) is 3.66. The summed E-state index contributed by atoms with van der Waals surface area (Å²) in [6.07, 6.45) is 1.92. The van der Waals surface area contributed by atoms with Crippen LogP contribution < -0.4 is 0 Å². The maximum absolute atomic E-state index is 12.2. The number of aromatic nitrogens is 2. The van der Waals surface area contributed by atoms with E-state index in [2.05, 4.69) is 5.10 Å². The Balaban J connectivity index is 1.94. The summed E-state index contributed by atoms with van der Waals surface area (Å²) in [6.45, 7) is 1.79. The van der Waals surface area contributed by atoms with Gasteiger partial charge >= 0.3 is 0 Å². The van der Waals surface area contributed by atoms with Crippen LogP contribution in [0.3, 0.4) is 0 Å². The van der Waals surface area contributed by atoms with Crippen molar-refractivity contribution in [2.45, 2.75) is 18.2 Å². The molecule has 0 aliphatic carbocycles. The molecule has 0 bridgehead atoms. The molecule has 7 heteroatoms. The molecular weight excluding hydrogens is 372 g/mol. The van der Waals surface area contributed by atoms with Gasteiger partial charge in [-0.3, -0.25) is 0 Å². The second-order valence-corrected chi connectivity index (χ2v) is 8.50. The highest BCUT2D eigenvalue weighted by molar-refractivity contribution is 7.91. The van der Waals surface area contributed by atoms with Crippen molar-refractivity contribution in [2.75, 3.05) is 12.4 Å². The first kappa shape index (κ1) is 18.6. The normalized spacial score (nSPS) is 11.7. The van der Waals surface area contributed by atoms with Crippen molar-refractivity contribution in [2.24, 2.45) is 0 Å². The van der Waals surface area contributed by atoms with E-state index in [0.29, 0.717) is 5.02 Å². The van der Waals surface area contributed by atoms with Gasteiger partial charge in [-0.05, 0) is 49.2 Å². The number of hydrogen-bond acceptors (Lipinski definition) is 4. The van der Waals surface area contributed by atoms with Crippen molar-refractivity contribution >= 4 is 21.4 Å². The highest BCUT2D eigenvalue weighted by atomic mass is 35.5. The molecule has 1 N–H and O–H groups in total. The van der Waals surface area contributed by atoms with Crippen molar-refractivity contribution in [1.29, 1.82) is 0 Å². The van der Waals surface area contributed by atoms with Gasteiger partial charge < -0.3 is 5.11 Å². The molecule has 0 aliphatic heterocycles. The third-order valence-electron chi connectivity index (χ3n) is 4.12. The Hall–Kier alpha value is -2.15.